The number of rotatable bonds is 4. The molecule has 1 N–H and O–H groups in total. The highest BCUT2D eigenvalue weighted by atomic mass is 16.1. The van der Waals surface area contributed by atoms with Crippen LogP contribution in [0.3, 0.4) is 0 Å². The van der Waals surface area contributed by atoms with Gasteiger partial charge in [0.25, 0.3) is 5.91 Å². The molecule has 3 rings (SSSR count). The summed E-state index contributed by atoms with van der Waals surface area (Å²) in [4.78, 5) is 25.5. The van der Waals surface area contributed by atoms with E-state index in [4.69, 9.17) is 0 Å². The van der Waals surface area contributed by atoms with Crippen molar-refractivity contribution in [3.05, 3.63) is 18.1 Å². The molecule has 1 saturated heterocycles. The summed E-state index contributed by atoms with van der Waals surface area (Å²) in [5.74, 6) is 0.796. The molecule has 0 atom stereocenters. The van der Waals surface area contributed by atoms with Gasteiger partial charge in [-0.25, -0.2) is 9.97 Å². The highest BCUT2D eigenvalue weighted by Crippen LogP contribution is 2.18. The second-order valence-electron chi connectivity index (χ2n) is 6.14. The molecule has 1 saturated carbocycles. The molecule has 0 aromatic carbocycles. The molecule has 2 heterocycles. The molecular formula is C16H25N5O. The molecule has 1 amide bonds. The lowest BCUT2D eigenvalue weighted by Crippen LogP contribution is -2.46. The Kier molecular flexibility index (Phi) is 4.87. The maximum absolute atomic E-state index is 12.3. The van der Waals surface area contributed by atoms with Gasteiger partial charge in [0.05, 0.1) is 0 Å². The predicted octanol–water partition coefficient (Wildman–Crippen LogP) is 1.29. The topological polar surface area (TPSA) is 61.4 Å². The van der Waals surface area contributed by atoms with Crippen molar-refractivity contribution < 1.29 is 4.79 Å². The highest BCUT2D eigenvalue weighted by molar-refractivity contribution is 5.93. The zero-order valence-electron chi connectivity index (χ0n) is 13.3. The Bertz CT molecular complexity index is 507. The number of anilines is 1. The fourth-order valence-corrected chi connectivity index (χ4v) is 3.27. The van der Waals surface area contributed by atoms with Gasteiger partial charge in [-0.3, -0.25) is 4.79 Å². The number of hydrogen-bond acceptors (Lipinski definition) is 5. The van der Waals surface area contributed by atoms with Crippen molar-refractivity contribution in [1.82, 2.24) is 20.2 Å². The number of aromatic nitrogens is 2. The van der Waals surface area contributed by atoms with E-state index in [-0.39, 0.29) is 5.91 Å². The quantitative estimate of drug-likeness (QED) is 0.908. The Balaban J connectivity index is 1.63. The van der Waals surface area contributed by atoms with Crippen molar-refractivity contribution in [2.45, 2.75) is 38.6 Å². The summed E-state index contributed by atoms with van der Waals surface area (Å²) >= 11 is 0. The number of carbonyl (C=O) groups is 1. The van der Waals surface area contributed by atoms with Crippen LogP contribution in [0.4, 0.5) is 5.82 Å². The summed E-state index contributed by atoms with van der Waals surface area (Å²) in [7, 11) is 0. The van der Waals surface area contributed by atoms with Gasteiger partial charge in [-0.2, -0.15) is 0 Å². The summed E-state index contributed by atoms with van der Waals surface area (Å²) in [5.41, 5.74) is 0.481. The monoisotopic (exact) mass is 303 g/mol. The van der Waals surface area contributed by atoms with Gasteiger partial charge < -0.3 is 15.1 Å². The van der Waals surface area contributed by atoms with Gasteiger partial charge in [0.2, 0.25) is 0 Å². The van der Waals surface area contributed by atoms with Gasteiger partial charge in [0, 0.05) is 38.3 Å². The van der Waals surface area contributed by atoms with Crippen molar-refractivity contribution in [2.24, 2.45) is 0 Å². The first kappa shape index (κ1) is 15.2. The number of hydrogen-bond donors (Lipinski definition) is 1. The Morgan fingerprint density at radius 1 is 1.23 bits per heavy atom. The van der Waals surface area contributed by atoms with Crippen LogP contribution in [0.25, 0.3) is 0 Å². The molecule has 1 aromatic heterocycles. The molecule has 2 fully saturated rings. The molecule has 1 aliphatic carbocycles. The lowest BCUT2D eigenvalue weighted by Gasteiger charge is -2.34. The Hall–Kier alpha value is -1.69. The van der Waals surface area contributed by atoms with Crippen molar-refractivity contribution in [2.75, 3.05) is 37.6 Å². The molecule has 0 radical (unpaired) electrons. The third kappa shape index (κ3) is 3.55. The molecule has 0 unspecified atom stereocenters. The van der Waals surface area contributed by atoms with Gasteiger partial charge in [0.1, 0.15) is 17.8 Å². The standard InChI is InChI=1S/C16H25N5O/c1-2-20-7-9-21(10-8-20)15-11-14(17-12-18-15)16(22)19-13-5-3-4-6-13/h11-13H,2-10H2,1H3,(H,19,22). The van der Waals surface area contributed by atoms with Crippen LogP contribution in [0.1, 0.15) is 43.1 Å². The van der Waals surface area contributed by atoms with Gasteiger partial charge in [-0.05, 0) is 19.4 Å². The van der Waals surface area contributed by atoms with Crippen LogP contribution in [0, 0.1) is 0 Å². The van der Waals surface area contributed by atoms with Crippen LogP contribution in [-0.4, -0.2) is 59.5 Å². The zero-order valence-corrected chi connectivity index (χ0v) is 13.3. The van der Waals surface area contributed by atoms with Gasteiger partial charge in [-0.15, -0.1) is 0 Å². The summed E-state index contributed by atoms with van der Waals surface area (Å²) < 4.78 is 0. The molecule has 1 aliphatic heterocycles. The van der Waals surface area contributed by atoms with E-state index in [1.165, 1.54) is 19.2 Å². The van der Waals surface area contributed by atoms with E-state index in [2.05, 4.69) is 32.0 Å². The van der Waals surface area contributed by atoms with Crippen LogP contribution < -0.4 is 10.2 Å². The second kappa shape index (κ2) is 7.05. The van der Waals surface area contributed by atoms with Gasteiger partial charge in [-0.1, -0.05) is 19.8 Å². The molecule has 22 heavy (non-hydrogen) atoms. The van der Waals surface area contributed by atoms with Crippen LogP contribution >= 0.6 is 0 Å². The number of nitrogens with zero attached hydrogens (tertiary/aromatic N) is 4. The maximum Gasteiger partial charge on any atom is 0.270 e. The van der Waals surface area contributed by atoms with E-state index in [9.17, 15) is 4.79 Å². The number of nitrogens with one attached hydrogen (secondary N) is 1. The third-order valence-corrected chi connectivity index (χ3v) is 4.72. The van der Waals surface area contributed by atoms with E-state index >= 15 is 0 Å². The first-order chi connectivity index (χ1) is 10.8. The first-order valence-electron chi connectivity index (χ1n) is 8.36. The number of likely N-dealkylation sites (N-methyl/N-ethyl adjacent to an activating group) is 1. The van der Waals surface area contributed by atoms with Crippen LogP contribution in [0.2, 0.25) is 0 Å². The number of carbonyl (C=O) groups excluding carboxylic acids is 1. The lowest BCUT2D eigenvalue weighted by atomic mass is 10.2. The molecule has 0 spiro atoms. The van der Waals surface area contributed by atoms with E-state index in [0.29, 0.717) is 11.7 Å². The average Bonchev–Trinajstić information content (AvgIpc) is 3.08. The van der Waals surface area contributed by atoms with Crippen LogP contribution in [0.15, 0.2) is 12.4 Å². The van der Waals surface area contributed by atoms with E-state index < -0.39 is 0 Å². The van der Waals surface area contributed by atoms with Crippen LogP contribution in [-0.2, 0) is 0 Å². The van der Waals surface area contributed by atoms with Crippen molar-refractivity contribution in [1.29, 1.82) is 0 Å². The summed E-state index contributed by atoms with van der Waals surface area (Å²) in [6.07, 6.45) is 6.10. The molecule has 6 heteroatoms. The second-order valence-corrected chi connectivity index (χ2v) is 6.14. The van der Waals surface area contributed by atoms with E-state index in [1.54, 1.807) is 0 Å². The van der Waals surface area contributed by atoms with Crippen molar-refractivity contribution in [3.8, 4) is 0 Å². The Morgan fingerprint density at radius 3 is 2.64 bits per heavy atom. The summed E-state index contributed by atoms with van der Waals surface area (Å²) in [6.45, 7) is 7.27. The van der Waals surface area contributed by atoms with Gasteiger partial charge in [0.15, 0.2) is 0 Å². The zero-order chi connectivity index (χ0) is 15.4. The molecule has 2 aliphatic rings. The minimum absolute atomic E-state index is 0.0669. The lowest BCUT2D eigenvalue weighted by molar-refractivity contribution is 0.0932. The third-order valence-electron chi connectivity index (χ3n) is 4.72. The Morgan fingerprint density at radius 2 is 1.95 bits per heavy atom. The van der Waals surface area contributed by atoms with Gasteiger partial charge >= 0.3 is 0 Å². The minimum Gasteiger partial charge on any atom is -0.354 e. The smallest absolute Gasteiger partial charge is 0.270 e. The molecule has 120 valence electrons. The Labute approximate surface area is 131 Å². The maximum atomic E-state index is 12.3. The summed E-state index contributed by atoms with van der Waals surface area (Å²) in [6, 6.07) is 2.14. The largest absolute Gasteiger partial charge is 0.354 e. The SMILES string of the molecule is CCN1CCN(c2cc(C(=O)NC3CCCC3)ncn2)CC1. The first-order valence-corrected chi connectivity index (χ1v) is 8.36. The average molecular weight is 303 g/mol. The molecule has 1 aromatic rings. The fraction of sp³-hybridized carbons (Fsp3) is 0.688. The highest BCUT2D eigenvalue weighted by Gasteiger charge is 2.21. The fourth-order valence-electron chi connectivity index (χ4n) is 3.27. The van der Waals surface area contributed by atoms with E-state index in [1.807, 2.05) is 6.07 Å². The molecule has 0 bridgehead atoms. The molecule has 6 nitrogen and oxygen atoms in total. The normalized spacial score (nSPS) is 20.3. The number of amides is 1. The summed E-state index contributed by atoms with van der Waals surface area (Å²) in [5, 5.41) is 3.09. The van der Waals surface area contributed by atoms with E-state index in [0.717, 1.165) is 51.4 Å². The molecular weight excluding hydrogens is 278 g/mol. The minimum atomic E-state index is -0.0669. The predicted molar refractivity (Wildman–Crippen MR) is 86.1 cm³/mol. The van der Waals surface area contributed by atoms with Crippen molar-refractivity contribution in [3.63, 3.8) is 0 Å². The van der Waals surface area contributed by atoms with Crippen molar-refractivity contribution >= 4 is 11.7 Å². The van der Waals surface area contributed by atoms with Crippen LogP contribution in [0.5, 0.6) is 0 Å². The number of piperazine rings is 1.